The second kappa shape index (κ2) is 5.27. The van der Waals surface area contributed by atoms with Gasteiger partial charge in [-0.1, -0.05) is 35.3 Å². The highest BCUT2D eigenvalue weighted by molar-refractivity contribution is 6.33. The highest BCUT2D eigenvalue weighted by atomic mass is 35.5. The van der Waals surface area contributed by atoms with E-state index in [4.69, 9.17) is 23.2 Å². The van der Waals surface area contributed by atoms with Crippen LogP contribution < -0.4 is 0 Å². The Hall–Kier alpha value is -1.09. The van der Waals surface area contributed by atoms with Crippen LogP contribution in [0.2, 0.25) is 10.0 Å². The zero-order valence-electron chi connectivity index (χ0n) is 9.62. The standard InChI is InChI=1S/C14H11Cl2FO/c1-8-2-4-10(13(17)6-8)14(18)11-7-9(15)3-5-12(11)16/h2-7,14,18H,1H3. The Labute approximate surface area is 115 Å². The second-order valence-corrected chi connectivity index (χ2v) is 4.94. The normalized spacial score (nSPS) is 12.5. The quantitative estimate of drug-likeness (QED) is 0.860. The molecule has 94 valence electrons. The van der Waals surface area contributed by atoms with Gasteiger partial charge in [0, 0.05) is 21.2 Å². The molecule has 2 aromatic rings. The van der Waals surface area contributed by atoms with Crippen LogP contribution in [0.4, 0.5) is 4.39 Å². The van der Waals surface area contributed by atoms with Gasteiger partial charge in [0.25, 0.3) is 0 Å². The summed E-state index contributed by atoms with van der Waals surface area (Å²) in [5.41, 5.74) is 1.37. The van der Waals surface area contributed by atoms with Crippen molar-refractivity contribution in [3.05, 3.63) is 69.0 Å². The van der Waals surface area contributed by atoms with E-state index in [-0.39, 0.29) is 5.56 Å². The Kier molecular flexibility index (Phi) is 3.91. The molecular weight excluding hydrogens is 274 g/mol. The lowest BCUT2D eigenvalue weighted by atomic mass is 10.00. The lowest BCUT2D eigenvalue weighted by molar-refractivity contribution is 0.215. The number of hydrogen-bond acceptors (Lipinski definition) is 1. The molecule has 0 saturated carbocycles. The first-order chi connectivity index (χ1) is 8.49. The van der Waals surface area contributed by atoms with E-state index in [0.29, 0.717) is 15.6 Å². The van der Waals surface area contributed by atoms with Crippen LogP contribution in [0.5, 0.6) is 0 Å². The van der Waals surface area contributed by atoms with Crippen molar-refractivity contribution in [3.8, 4) is 0 Å². The monoisotopic (exact) mass is 284 g/mol. The average Bonchev–Trinajstić information content (AvgIpc) is 2.31. The lowest BCUT2D eigenvalue weighted by Gasteiger charge is -2.14. The summed E-state index contributed by atoms with van der Waals surface area (Å²) in [6.45, 7) is 1.78. The van der Waals surface area contributed by atoms with Crippen molar-refractivity contribution in [3.63, 3.8) is 0 Å². The molecule has 1 N–H and O–H groups in total. The second-order valence-electron chi connectivity index (χ2n) is 4.09. The minimum absolute atomic E-state index is 0.185. The van der Waals surface area contributed by atoms with E-state index >= 15 is 0 Å². The van der Waals surface area contributed by atoms with Gasteiger partial charge >= 0.3 is 0 Å². The van der Waals surface area contributed by atoms with Gasteiger partial charge in [-0.05, 0) is 36.8 Å². The fourth-order valence-electron chi connectivity index (χ4n) is 1.75. The maximum atomic E-state index is 13.8. The van der Waals surface area contributed by atoms with Crippen molar-refractivity contribution in [1.29, 1.82) is 0 Å². The van der Waals surface area contributed by atoms with Gasteiger partial charge in [-0.25, -0.2) is 4.39 Å². The summed E-state index contributed by atoms with van der Waals surface area (Å²) in [4.78, 5) is 0. The summed E-state index contributed by atoms with van der Waals surface area (Å²) in [6.07, 6.45) is -1.13. The Balaban J connectivity index is 2.47. The molecular formula is C14H11Cl2FO. The smallest absolute Gasteiger partial charge is 0.129 e. The molecule has 0 aliphatic rings. The molecule has 0 bridgehead atoms. The van der Waals surface area contributed by atoms with E-state index in [1.54, 1.807) is 31.2 Å². The molecule has 0 heterocycles. The summed E-state index contributed by atoms with van der Waals surface area (Å²) >= 11 is 11.8. The molecule has 0 aliphatic carbocycles. The van der Waals surface area contributed by atoms with E-state index < -0.39 is 11.9 Å². The number of aryl methyl sites for hydroxylation is 1. The molecule has 2 aromatic carbocycles. The number of aliphatic hydroxyl groups is 1. The number of rotatable bonds is 2. The van der Waals surface area contributed by atoms with Crippen molar-refractivity contribution in [1.82, 2.24) is 0 Å². The van der Waals surface area contributed by atoms with Gasteiger partial charge in [0.1, 0.15) is 11.9 Å². The van der Waals surface area contributed by atoms with Gasteiger partial charge in [0.2, 0.25) is 0 Å². The van der Waals surface area contributed by atoms with Crippen LogP contribution in [0, 0.1) is 12.7 Å². The van der Waals surface area contributed by atoms with E-state index in [9.17, 15) is 9.50 Å². The number of halogens is 3. The SMILES string of the molecule is Cc1ccc(C(O)c2cc(Cl)ccc2Cl)c(F)c1. The largest absolute Gasteiger partial charge is 0.383 e. The third kappa shape index (κ3) is 2.66. The summed E-state index contributed by atoms with van der Waals surface area (Å²) in [6, 6.07) is 9.39. The van der Waals surface area contributed by atoms with Crippen molar-refractivity contribution in [2.45, 2.75) is 13.0 Å². The molecule has 0 amide bonds. The number of hydrogen-bond donors (Lipinski definition) is 1. The average molecular weight is 285 g/mol. The van der Waals surface area contributed by atoms with Crippen LogP contribution >= 0.6 is 23.2 Å². The molecule has 18 heavy (non-hydrogen) atoms. The topological polar surface area (TPSA) is 20.2 Å². The van der Waals surface area contributed by atoms with E-state index in [1.165, 1.54) is 12.1 Å². The molecule has 4 heteroatoms. The lowest BCUT2D eigenvalue weighted by Crippen LogP contribution is -2.03. The van der Waals surface area contributed by atoms with Crippen LogP contribution in [0.3, 0.4) is 0 Å². The van der Waals surface area contributed by atoms with Crippen molar-refractivity contribution < 1.29 is 9.50 Å². The van der Waals surface area contributed by atoms with E-state index in [1.807, 2.05) is 0 Å². The van der Waals surface area contributed by atoms with Gasteiger partial charge in [0.15, 0.2) is 0 Å². The molecule has 0 radical (unpaired) electrons. The summed E-state index contributed by atoms with van der Waals surface area (Å²) in [5.74, 6) is -0.460. The third-order valence-electron chi connectivity index (χ3n) is 2.70. The van der Waals surface area contributed by atoms with Crippen molar-refractivity contribution >= 4 is 23.2 Å². The van der Waals surface area contributed by atoms with E-state index in [0.717, 1.165) is 5.56 Å². The van der Waals surface area contributed by atoms with Crippen LogP contribution in [0.15, 0.2) is 36.4 Å². The molecule has 0 saturated heterocycles. The van der Waals surface area contributed by atoms with Gasteiger partial charge in [-0.15, -0.1) is 0 Å². The maximum Gasteiger partial charge on any atom is 0.129 e. The molecule has 0 fully saturated rings. The molecule has 0 aliphatic heterocycles. The molecule has 0 aromatic heterocycles. The fourth-order valence-corrected chi connectivity index (χ4v) is 2.15. The van der Waals surface area contributed by atoms with Gasteiger partial charge in [0.05, 0.1) is 0 Å². The molecule has 1 nitrogen and oxygen atoms in total. The fraction of sp³-hybridized carbons (Fsp3) is 0.143. The first-order valence-electron chi connectivity index (χ1n) is 5.38. The minimum Gasteiger partial charge on any atom is -0.383 e. The van der Waals surface area contributed by atoms with Gasteiger partial charge in [-0.2, -0.15) is 0 Å². The Morgan fingerprint density at radius 2 is 1.78 bits per heavy atom. The summed E-state index contributed by atoms with van der Waals surface area (Å²) in [7, 11) is 0. The number of aliphatic hydroxyl groups excluding tert-OH is 1. The van der Waals surface area contributed by atoms with Gasteiger partial charge < -0.3 is 5.11 Å². The molecule has 1 atom stereocenters. The molecule has 1 unspecified atom stereocenters. The predicted molar refractivity (Wildman–Crippen MR) is 71.7 cm³/mol. The van der Waals surface area contributed by atoms with Crippen molar-refractivity contribution in [2.75, 3.05) is 0 Å². The third-order valence-corrected chi connectivity index (χ3v) is 3.28. The Morgan fingerprint density at radius 3 is 2.44 bits per heavy atom. The zero-order chi connectivity index (χ0) is 13.3. The highest BCUT2D eigenvalue weighted by Gasteiger charge is 2.18. The van der Waals surface area contributed by atoms with E-state index in [2.05, 4.69) is 0 Å². The molecule has 2 rings (SSSR count). The van der Waals surface area contributed by atoms with Crippen LogP contribution in [-0.4, -0.2) is 5.11 Å². The van der Waals surface area contributed by atoms with Crippen molar-refractivity contribution in [2.24, 2.45) is 0 Å². The van der Waals surface area contributed by atoms with Crippen LogP contribution in [-0.2, 0) is 0 Å². The zero-order valence-corrected chi connectivity index (χ0v) is 11.1. The highest BCUT2D eigenvalue weighted by Crippen LogP contribution is 2.31. The first kappa shape index (κ1) is 13.3. The predicted octanol–water partition coefficient (Wildman–Crippen LogP) is 4.52. The summed E-state index contributed by atoms with van der Waals surface area (Å²) < 4.78 is 13.8. The minimum atomic E-state index is -1.13. The summed E-state index contributed by atoms with van der Waals surface area (Å²) in [5, 5.41) is 11.0. The first-order valence-corrected chi connectivity index (χ1v) is 6.13. The van der Waals surface area contributed by atoms with Gasteiger partial charge in [-0.3, -0.25) is 0 Å². The Bertz CT molecular complexity index is 584. The van der Waals surface area contributed by atoms with Crippen LogP contribution in [0.1, 0.15) is 22.8 Å². The number of benzene rings is 2. The molecule has 0 spiro atoms. The Morgan fingerprint density at radius 1 is 1.06 bits per heavy atom. The van der Waals surface area contributed by atoms with Crippen LogP contribution in [0.25, 0.3) is 0 Å². The maximum absolute atomic E-state index is 13.8.